The SMILES string of the molecule is Cc1cc(NC(=O)c2ccco2)ncc1NC(=O)c1ccco1. The van der Waals surface area contributed by atoms with Crippen LogP contribution < -0.4 is 10.6 Å². The zero-order valence-electron chi connectivity index (χ0n) is 12.2. The molecule has 7 heteroatoms. The Balaban J connectivity index is 1.71. The van der Waals surface area contributed by atoms with Crippen LogP contribution in [0.1, 0.15) is 26.7 Å². The maximum atomic E-state index is 11.9. The molecule has 0 spiro atoms. The summed E-state index contributed by atoms with van der Waals surface area (Å²) in [6.45, 7) is 1.79. The molecule has 0 aliphatic heterocycles. The molecule has 0 aromatic carbocycles. The average Bonchev–Trinajstić information content (AvgIpc) is 3.23. The van der Waals surface area contributed by atoms with Crippen molar-refractivity contribution in [1.82, 2.24) is 4.98 Å². The van der Waals surface area contributed by atoms with Crippen molar-refractivity contribution < 1.29 is 18.4 Å². The molecule has 0 saturated carbocycles. The van der Waals surface area contributed by atoms with Gasteiger partial charge in [-0.15, -0.1) is 0 Å². The minimum absolute atomic E-state index is 0.194. The molecule has 3 aromatic heterocycles. The first-order valence-electron chi connectivity index (χ1n) is 6.80. The summed E-state index contributed by atoms with van der Waals surface area (Å²) < 4.78 is 10.0. The number of hydrogen-bond donors (Lipinski definition) is 2. The van der Waals surface area contributed by atoms with E-state index in [0.717, 1.165) is 5.56 Å². The highest BCUT2D eigenvalue weighted by Gasteiger charge is 2.13. The molecule has 0 bridgehead atoms. The molecule has 7 nitrogen and oxygen atoms in total. The average molecular weight is 311 g/mol. The van der Waals surface area contributed by atoms with Crippen LogP contribution in [-0.4, -0.2) is 16.8 Å². The lowest BCUT2D eigenvalue weighted by atomic mass is 10.2. The van der Waals surface area contributed by atoms with E-state index in [-0.39, 0.29) is 17.4 Å². The van der Waals surface area contributed by atoms with Crippen LogP contribution >= 0.6 is 0 Å². The van der Waals surface area contributed by atoms with E-state index in [1.807, 2.05) is 0 Å². The number of aromatic nitrogens is 1. The van der Waals surface area contributed by atoms with Gasteiger partial charge in [-0.2, -0.15) is 0 Å². The second-order valence-electron chi connectivity index (χ2n) is 4.75. The number of amides is 2. The number of rotatable bonds is 4. The molecule has 0 saturated heterocycles. The van der Waals surface area contributed by atoms with Gasteiger partial charge in [0, 0.05) is 0 Å². The lowest BCUT2D eigenvalue weighted by Gasteiger charge is -2.09. The molecule has 0 atom stereocenters. The predicted octanol–water partition coefficient (Wildman–Crippen LogP) is 3.08. The van der Waals surface area contributed by atoms with Crippen molar-refractivity contribution in [2.75, 3.05) is 10.6 Å². The fraction of sp³-hybridized carbons (Fsp3) is 0.0625. The van der Waals surface area contributed by atoms with E-state index in [4.69, 9.17) is 8.83 Å². The van der Waals surface area contributed by atoms with Crippen LogP contribution in [0.3, 0.4) is 0 Å². The molecule has 3 heterocycles. The second-order valence-corrected chi connectivity index (χ2v) is 4.75. The molecule has 0 fully saturated rings. The number of aryl methyl sites for hydroxylation is 1. The monoisotopic (exact) mass is 311 g/mol. The summed E-state index contributed by atoms with van der Waals surface area (Å²) in [6.07, 6.45) is 4.31. The Labute approximate surface area is 131 Å². The van der Waals surface area contributed by atoms with E-state index >= 15 is 0 Å². The van der Waals surface area contributed by atoms with Crippen LogP contribution in [0.25, 0.3) is 0 Å². The predicted molar refractivity (Wildman–Crippen MR) is 82.3 cm³/mol. The fourth-order valence-electron chi connectivity index (χ4n) is 1.93. The number of anilines is 2. The molecule has 0 aliphatic carbocycles. The number of carbonyl (C=O) groups is 2. The molecule has 2 N–H and O–H groups in total. The number of pyridine rings is 1. The van der Waals surface area contributed by atoms with Crippen molar-refractivity contribution in [2.24, 2.45) is 0 Å². The van der Waals surface area contributed by atoms with Gasteiger partial charge in [-0.3, -0.25) is 9.59 Å². The second kappa shape index (κ2) is 6.18. The molecule has 3 rings (SSSR count). The highest BCUT2D eigenvalue weighted by Crippen LogP contribution is 2.18. The Morgan fingerprint density at radius 3 is 2.13 bits per heavy atom. The van der Waals surface area contributed by atoms with Gasteiger partial charge >= 0.3 is 0 Å². The largest absolute Gasteiger partial charge is 0.459 e. The Bertz CT molecular complexity index is 823. The maximum absolute atomic E-state index is 11.9. The van der Waals surface area contributed by atoms with Gasteiger partial charge in [0.2, 0.25) is 0 Å². The van der Waals surface area contributed by atoms with Crippen LogP contribution in [0.15, 0.2) is 57.9 Å². The quantitative estimate of drug-likeness (QED) is 0.771. The van der Waals surface area contributed by atoms with Gasteiger partial charge in [0.05, 0.1) is 24.4 Å². The van der Waals surface area contributed by atoms with Gasteiger partial charge in [-0.25, -0.2) is 4.98 Å². The molecule has 0 unspecified atom stereocenters. The summed E-state index contributed by atoms with van der Waals surface area (Å²) >= 11 is 0. The first-order valence-corrected chi connectivity index (χ1v) is 6.80. The summed E-state index contributed by atoms with van der Waals surface area (Å²) in [6, 6.07) is 8.03. The molecular formula is C16H13N3O4. The third kappa shape index (κ3) is 3.29. The van der Waals surface area contributed by atoms with Crippen LogP contribution in [0.5, 0.6) is 0 Å². The van der Waals surface area contributed by atoms with Gasteiger partial charge < -0.3 is 19.5 Å². The summed E-state index contributed by atoms with van der Waals surface area (Å²) in [7, 11) is 0. The minimum atomic E-state index is -0.394. The molecule has 3 aromatic rings. The van der Waals surface area contributed by atoms with Crippen LogP contribution in [0.2, 0.25) is 0 Å². The van der Waals surface area contributed by atoms with Crippen molar-refractivity contribution in [3.63, 3.8) is 0 Å². The zero-order valence-corrected chi connectivity index (χ0v) is 12.2. The van der Waals surface area contributed by atoms with Gasteiger partial charge in [0.25, 0.3) is 11.8 Å². The minimum Gasteiger partial charge on any atom is -0.459 e. The Kier molecular flexibility index (Phi) is 3.92. The van der Waals surface area contributed by atoms with Crippen LogP contribution in [-0.2, 0) is 0 Å². The van der Waals surface area contributed by atoms with Crippen molar-refractivity contribution in [3.8, 4) is 0 Å². The van der Waals surface area contributed by atoms with E-state index in [2.05, 4.69) is 15.6 Å². The molecule has 2 amide bonds. The number of carbonyl (C=O) groups excluding carboxylic acids is 2. The van der Waals surface area contributed by atoms with Crippen molar-refractivity contribution in [3.05, 3.63) is 66.1 Å². The molecule has 0 aliphatic rings. The molecule has 116 valence electrons. The van der Waals surface area contributed by atoms with Crippen molar-refractivity contribution in [2.45, 2.75) is 6.92 Å². The first-order chi connectivity index (χ1) is 11.1. The third-order valence-corrected chi connectivity index (χ3v) is 3.09. The lowest BCUT2D eigenvalue weighted by molar-refractivity contribution is 0.0988. The van der Waals surface area contributed by atoms with Crippen molar-refractivity contribution in [1.29, 1.82) is 0 Å². The summed E-state index contributed by atoms with van der Waals surface area (Å²) in [5.41, 5.74) is 1.28. The summed E-state index contributed by atoms with van der Waals surface area (Å²) in [4.78, 5) is 27.9. The Morgan fingerprint density at radius 2 is 1.61 bits per heavy atom. The van der Waals surface area contributed by atoms with E-state index in [0.29, 0.717) is 11.5 Å². The van der Waals surface area contributed by atoms with Crippen LogP contribution in [0.4, 0.5) is 11.5 Å². The van der Waals surface area contributed by atoms with Crippen molar-refractivity contribution >= 4 is 23.3 Å². The zero-order chi connectivity index (χ0) is 16.2. The van der Waals surface area contributed by atoms with E-state index in [1.165, 1.54) is 18.7 Å². The normalized spacial score (nSPS) is 10.3. The summed E-state index contributed by atoms with van der Waals surface area (Å²) in [5.74, 6) is 0.000639. The molecule has 23 heavy (non-hydrogen) atoms. The highest BCUT2D eigenvalue weighted by molar-refractivity contribution is 6.03. The number of furan rings is 2. The smallest absolute Gasteiger partial charge is 0.292 e. The van der Waals surface area contributed by atoms with Gasteiger partial charge in [0.1, 0.15) is 5.82 Å². The fourth-order valence-corrected chi connectivity index (χ4v) is 1.93. The van der Waals surface area contributed by atoms with Crippen LogP contribution in [0, 0.1) is 6.92 Å². The van der Waals surface area contributed by atoms with E-state index < -0.39 is 5.91 Å². The first kappa shape index (κ1) is 14.6. The Hall–Kier alpha value is -3.35. The van der Waals surface area contributed by atoms with Gasteiger partial charge in [-0.05, 0) is 42.8 Å². The van der Waals surface area contributed by atoms with E-state index in [9.17, 15) is 9.59 Å². The van der Waals surface area contributed by atoms with Gasteiger partial charge in [0.15, 0.2) is 11.5 Å². The Morgan fingerprint density at radius 1 is 1.00 bits per heavy atom. The summed E-state index contributed by atoms with van der Waals surface area (Å²) in [5, 5.41) is 5.31. The molecular weight excluding hydrogens is 298 g/mol. The third-order valence-electron chi connectivity index (χ3n) is 3.09. The standard InChI is InChI=1S/C16H13N3O4/c1-10-8-14(19-16(21)13-5-3-7-23-13)17-9-11(10)18-15(20)12-4-2-6-22-12/h2-9H,1H3,(H,18,20)(H,17,19,21). The van der Waals surface area contributed by atoms with E-state index in [1.54, 1.807) is 37.3 Å². The number of hydrogen-bond acceptors (Lipinski definition) is 5. The lowest BCUT2D eigenvalue weighted by Crippen LogP contribution is -2.14. The number of nitrogens with zero attached hydrogens (tertiary/aromatic N) is 1. The highest BCUT2D eigenvalue weighted by atomic mass is 16.3. The number of nitrogens with one attached hydrogen (secondary N) is 2. The molecule has 0 radical (unpaired) electrons. The van der Waals surface area contributed by atoms with Gasteiger partial charge in [-0.1, -0.05) is 0 Å². The topological polar surface area (TPSA) is 97.4 Å². The maximum Gasteiger partial charge on any atom is 0.292 e.